The summed E-state index contributed by atoms with van der Waals surface area (Å²) in [5.74, 6) is 0.425. The van der Waals surface area contributed by atoms with Gasteiger partial charge in [-0.15, -0.1) is 0 Å². The van der Waals surface area contributed by atoms with Gasteiger partial charge in [0.05, 0.1) is 12.0 Å². The monoisotopic (exact) mass is 435 g/mol. The molecule has 1 amide bonds. The lowest BCUT2D eigenvalue weighted by atomic mass is 10.1. The van der Waals surface area contributed by atoms with Gasteiger partial charge in [0, 0.05) is 24.2 Å². The fourth-order valence-electron chi connectivity index (χ4n) is 2.84. The first-order chi connectivity index (χ1) is 14.4. The highest BCUT2D eigenvalue weighted by molar-refractivity contribution is 7.89. The molecule has 0 aromatic heterocycles. The molecule has 0 fully saturated rings. The Kier molecular flexibility index (Phi) is 9.25. The maximum Gasteiger partial charge on any atom is 0.262 e. The minimum absolute atomic E-state index is 0.00727. The second kappa shape index (κ2) is 11.7. The van der Waals surface area contributed by atoms with E-state index in [9.17, 15) is 13.2 Å². The molecule has 2 N–H and O–H groups in total. The van der Waals surface area contributed by atoms with E-state index >= 15 is 0 Å². The summed E-state index contributed by atoms with van der Waals surface area (Å²) in [6.45, 7) is 7.87. The van der Waals surface area contributed by atoms with E-state index in [0.29, 0.717) is 18.7 Å². The molecule has 0 heterocycles. The van der Waals surface area contributed by atoms with Crippen molar-refractivity contribution in [2.75, 3.05) is 33.4 Å². The first kappa shape index (κ1) is 23.8. The van der Waals surface area contributed by atoms with Gasteiger partial charge in [0.1, 0.15) is 12.4 Å². The van der Waals surface area contributed by atoms with E-state index in [1.54, 1.807) is 0 Å². The van der Waals surface area contributed by atoms with Gasteiger partial charge in [-0.1, -0.05) is 36.9 Å². The quantitative estimate of drug-likeness (QED) is 0.496. The van der Waals surface area contributed by atoms with Gasteiger partial charge in [-0.2, -0.15) is 0 Å². The molecule has 164 valence electrons. The number of benzene rings is 2. The number of likely N-dealkylation sites (N-methyl/N-ethyl adjacent to an activating group) is 1. The van der Waals surface area contributed by atoms with Gasteiger partial charge in [-0.25, -0.2) is 8.42 Å². The van der Waals surface area contributed by atoms with Crippen LogP contribution in [0.5, 0.6) is 5.75 Å². The van der Waals surface area contributed by atoms with Crippen LogP contribution in [0.15, 0.2) is 53.4 Å². The molecule has 0 atom stereocenters. The number of nitrogens with zero attached hydrogens (tertiary/aromatic N) is 1. The van der Waals surface area contributed by atoms with E-state index in [1.807, 2.05) is 29.2 Å². The summed E-state index contributed by atoms with van der Waals surface area (Å²) in [6, 6.07) is 13.2. The number of amides is 1. The molecule has 0 aliphatic carbocycles. The van der Waals surface area contributed by atoms with Crippen molar-refractivity contribution >= 4 is 15.9 Å². The lowest BCUT2D eigenvalue weighted by molar-refractivity contribution is 0.0950. The summed E-state index contributed by atoms with van der Waals surface area (Å²) in [4.78, 5) is 21.1. The summed E-state index contributed by atoms with van der Waals surface area (Å²) < 4.78 is 29.7. The predicted octanol–water partition coefficient (Wildman–Crippen LogP) is 2.18. The van der Waals surface area contributed by atoms with Gasteiger partial charge in [-0.3, -0.25) is 9.63 Å². The van der Waals surface area contributed by atoms with Crippen molar-refractivity contribution in [2.45, 2.75) is 25.3 Å². The number of nitrogens with one attached hydrogen (secondary N) is 2. The molecular formula is C21H29N3O5S. The zero-order valence-electron chi connectivity index (χ0n) is 17.6. The Bertz CT molecular complexity index is 912. The molecule has 0 bridgehead atoms. The summed E-state index contributed by atoms with van der Waals surface area (Å²) in [5, 5.41) is 2.84. The van der Waals surface area contributed by atoms with Crippen LogP contribution in [0.3, 0.4) is 0 Å². The molecule has 0 spiro atoms. The zero-order chi connectivity index (χ0) is 22.0. The van der Waals surface area contributed by atoms with Crippen LogP contribution in [0.1, 0.15) is 29.8 Å². The topological polar surface area (TPSA) is 97.0 Å². The highest BCUT2D eigenvalue weighted by Crippen LogP contribution is 2.18. The van der Waals surface area contributed by atoms with Crippen molar-refractivity contribution in [3.05, 3.63) is 59.7 Å². The average molecular weight is 436 g/mol. The molecular weight excluding hydrogens is 406 g/mol. The number of hydrogen-bond donors (Lipinski definition) is 2. The maximum atomic E-state index is 12.4. The van der Waals surface area contributed by atoms with Gasteiger partial charge in [-0.05, 0) is 43.4 Å². The largest absolute Gasteiger partial charge is 0.492 e. The summed E-state index contributed by atoms with van der Waals surface area (Å²) in [6.07, 6.45) is 0. The average Bonchev–Trinajstić information content (AvgIpc) is 2.76. The third-order valence-corrected chi connectivity index (χ3v) is 5.87. The Hall–Kier alpha value is -2.46. The minimum Gasteiger partial charge on any atom is -0.492 e. The van der Waals surface area contributed by atoms with E-state index < -0.39 is 10.0 Å². The van der Waals surface area contributed by atoms with Gasteiger partial charge < -0.3 is 15.0 Å². The lowest BCUT2D eigenvalue weighted by Gasteiger charge is -2.19. The van der Waals surface area contributed by atoms with Crippen LogP contribution in [-0.4, -0.2) is 52.6 Å². The molecule has 2 aromatic carbocycles. The number of sulfonamides is 1. The second-order valence-corrected chi connectivity index (χ2v) is 8.13. The van der Waals surface area contributed by atoms with E-state index in [1.165, 1.54) is 31.4 Å². The number of rotatable bonds is 12. The van der Waals surface area contributed by atoms with E-state index in [4.69, 9.17) is 4.74 Å². The predicted molar refractivity (Wildman–Crippen MR) is 115 cm³/mol. The Morgan fingerprint density at radius 3 is 2.33 bits per heavy atom. The Morgan fingerprint density at radius 2 is 1.70 bits per heavy atom. The maximum absolute atomic E-state index is 12.4. The molecule has 8 nitrogen and oxygen atoms in total. The van der Waals surface area contributed by atoms with Crippen molar-refractivity contribution in [1.82, 2.24) is 15.1 Å². The van der Waals surface area contributed by atoms with Crippen molar-refractivity contribution < 1.29 is 22.8 Å². The van der Waals surface area contributed by atoms with Crippen LogP contribution < -0.4 is 14.9 Å². The van der Waals surface area contributed by atoms with Gasteiger partial charge in [0.15, 0.2) is 0 Å². The second-order valence-electron chi connectivity index (χ2n) is 6.48. The summed E-state index contributed by atoms with van der Waals surface area (Å²) in [7, 11) is -2.54. The summed E-state index contributed by atoms with van der Waals surface area (Å²) >= 11 is 0. The molecule has 0 unspecified atom stereocenters. The van der Waals surface area contributed by atoms with Crippen molar-refractivity contribution in [3.63, 3.8) is 0 Å². The van der Waals surface area contributed by atoms with Crippen LogP contribution in [-0.2, 0) is 21.4 Å². The highest BCUT2D eigenvalue weighted by atomic mass is 32.2. The Balaban J connectivity index is 1.96. The fraction of sp³-hybridized carbons (Fsp3) is 0.381. The molecule has 30 heavy (non-hydrogen) atoms. The van der Waals surface area contributed by atoms with Crippen LogP contribution in [0.2, 0.25) is 0 Å². The fourth-order valence-corrected chi connectivity index (χ4v) is 3.65. The molecule has 0 radical (unpaired) electrons. The van der Waals surface area contributed by atoms with Gasteiger partial charge in [0.25, 0.3) is 15.9 Å². The minimum atomic E-state index is -3.76. The number of para-hydroxylation sites is 1. The normalized spacial score (nSPS) is 11.5. The lowest BCUT2D eigenvalue weighted by Crippen LogP contribution is -2.28. The third-order valence-electron chi connectivity index (χ3n) is 4.59. The number of ether oxygens (including phenoxy) is 1. The van der Waals surface area contributed by atoms with Crippen LogP contribution in [0, 0.1) is 0 Å². The third kappa shape index (κ3) is 6.81. The standard InChI is InChI=1S/C21H29N3O5S/c1-4-24(5-2)14-15-29-20-9-7-6-8-18(20)16-22-21(25)17-10-12-19(13-11-17)30(26,27)23-28-3/h6-13,23H,4-5,14-16H2,1-3H3,(H,22,25). The van der Waals surface area contributed by atoms with E-state index in [0.717, 1.165) is 30.9 Å². The molecule has 0 aliphatic rings. The van der Waals surface area contributed by atoms with Crippen LogP contribution in [0.4, 0.5) is 0 Å². The smallest absolute Gasteiger partial charge is 0.262 e. The van der Waals surface area contributed by atoms with Gasteiger partial charge >= 0.3 is 0 Å². The SMILES string of the molecule is CCN(CC)CCOc1ccccc1CNC(=O)c1ccc(S(=O)(=O)NOC)cc1. The Morgan fingerprint density at radius 1 is 1.03 bits per heavy atom. The molecule has 0 saturated heterocycles. The van der Waals surface area contributed by atoms with Crippen LogP contribution >= 0.6 is 0 Å². The van der Waals surface area contributed by atoms with Gasteiger partial charge in [0.2, 0.25) is 0 Å². The van der Waals surface area contributed by atoms with Crippen molar-refractivity contribution in [2.24, 2.45) is 0 Å². The Labute approximate surface area is 178 Å². The first-order valence-corrected chi connectivity index (χ1v) is 11.3. The first-order valence-electron chi connectivity index (χ1n) is 9.77. The summed E-state index contributed by atoms with van der Waals surface area (Å²) in [5.41, 5.74) is 1.22. The van der Waals surface area contributed by atoms with Crippen molar-refractivity contribution in [3.8, 4) is 5.75 Å². The number of carbonyl (C=O) groups is 1. The molecule has 0 saturated carbocycles. The number of carbonyl (C=O) groups excluding carboxylic acids is 1. The van der Waals surface area contributed by atoms with E-state index in [2.05, 4.69) is 28.9 Å². The molecule has 2 aromatic rings. The van der Waals surface area contributed by atoms with E-state index in [-0.39, 0.29) is 10.8 Å². The van der Waals surface area contributed by atoms with Crippen LogP contribution in [0.25, 0.3) is 0 Å². The number of hydrogen-bond acceptors (Lipinski definition) is 6. The highest BCUT2D eigenvalue weighted by Gasteiger charge is 2.15. The molecule has 0 aliphatic heterocycles. The zero-order valence-corrected chi connectivity index (χ0v) is 18.4. The molecule has 9 heteroatoms. The van der Waals surface area contributed by atoms with Crippen molar-refractivity contribution in [1.29, 1.82) is 0 Å². The molecule has 2 rings (SSSR count).